The van der Waals surface area contributed by atoms with Crippen LogP contribution in [0, 0.1) is 5.82 Å². The van der Waals surface area contributed by atoms with E-state index in [0.29, 0.717) is 0 Å². The Balaban J connectivity index is 0.00000161. The first-order chi connectivity index (χ1) is 9.63. The molecule has 2 aromatic carbocycles. The van der Waals surface area contributed by atoms with E-state index < -0.39 is 11.1 Å². The van der Waals surface area contributed by atoms with Crippen molar-refractivity contribution in [1.29, 1.82) is 0 Å². The van der Waals surface area contributed by atoms with E-state index in [1.807, 2.05) is 18.2 Å². The van der Waals surface area contributed by atoms with E-state index in [1.165, 1.54) is 18.3 Å². The summed E-state index contributed by atoms with van der Waals surface area (Å²) in [6.45, 7) is 0. The predicted octanol–water partition coefficient (Wildman–Crippen LogP) is 2.97. The molecule has 6 heteroatoms. The van der Waals surface area contributed by atoms with Gasteiger partial charge < -0.3 is 4.55 Å². The molecule has 0 spiro atoms. The molecule has 21 heavy (non-hydrogen) atoms. The Morgan fingerprint density at radius 1 is 1.00 bits per heavy atom. The molecule has 0 fully saturated rings. The molecule has 0 aliphatic heterocycles. The van der Waals surface area contributed by atoms with Crippen molar-refractivity contribution >= 4 is 51.5 Å². The molecule has 1 N–H and O–H groups in total. The van der Waals surface area contributed by atoms with Gasteiger partial charge in [-0.1, -0.05) is 24.3 Å². The fraction of sp³-hybridized carbons (Fsp3) is 0. The van der Waals surface area contributed by atoms with Crippen molar-refractivity contribution in [2.24, 2.45) is 0 Å². The van der Waals surface area contributed by atoms with E-state index in [4.69, 9.17) is 4.55 Å². The zero-order chi connectivity index (χ0) is 14.1. The summed E-state index contributed by atoms with van der Waals surface area (Å²) in [7, 11) is 0. The van der Waals surface area contributed by atoms with Gasteiger partial charge in [0, 0.05) is 11.6 Å². The third-order valence-corrected chi connectivity index (χ3v) is 3.66. The average Bonchev–Trinajstić information content (AvgIpc) is 2.47. The van der Waals surface area contributed by atoms with Crippen LogP contribution in [0.1, 0.15) is 0 Å². The van der Waals surface area contributed by atoms with Crippen molar-refractivity contribution < 1.29 is 13.2 Å². The molecule has 0 bridgehead atoms. The normalized spacial score (nSPS) is 11.9. The summed E-state index contributed by atoms with van der Waals surface area (Å²) < 4.78 is 32.9. The fourth-order valence-electron chi connectivity index (χ4n) is 2.02. The van der Waals surface area contributed by atoms with E-state index >= 15 is 0 Å². The first kappa shape index (κ1) is 16.3. The van der Waals surface area contributed by atoms with Crippen molar-refractivity contribution in [3.63, 3.8) is 0 Å². The SMILES string of the molecule is O=S(O)c1cnc2cc(-c3ccc(F)cc3)ccc2c1.[NaH]. The van der Waals surface area contributed by atoms with Crippen LogP contribution >= 0.6 is 0 Å². The number of hydrogen-bond donors (Lipinski definition) is 1. The second-order valence-electron chi connectivity index (χ2n) is 4.33. The van der Waals surface area contributed by atoms with Gasteiger partial charge in [0.05, 0.1) is 10.4 Å². The standard InChI is InChI=1S/C15H10FNO2S.Na.H/c16-13-5-3-10(4-6-13)11-1-2-12-7-14(20(18)19)9-17-15(12)8-11;;/h1-9H,(H,18,19);;. The summed E-state index contributed by atoms with van der Waals surface area (Å²) in [5.74, 6) is -0.275. The fourth-order valence-corrected chi connectivity index (χ4v) is 2.39. The predicted molar refractivity (Wildman–Crippen MR) is 83.3 cm³/mol. The molecule has 0 saturated carbocycles. The van der Waals surface area contributed by atoms with Crippen molar-refractivity contribution in [3.05, 3.63) is 60.5 Å². The quantitative estimate of drug-likeness (QED) is 0.585. The molecule has 1 heterocycles. The molecule has 0 radical (unpaired) electrons. The van der Waals surface area contributed by atoms with Gasteiger partial charge in [-0.05, 0) is 35.4 Å². The molecule has 102 valence electrons. The molecule has 1 atom stereocenters. The molecule has 0 aliphatic carbocycles. The van der Waals surface area contributed by atoms with Gasteiger partial charge in [0.2, 0.25) is 0 Å². The summed E-state index contributed by atoms with van der Waals surface area (Å²) >= 11 is -2.03. The van der Waals surface area contributed by atoms with Crippen LogP contribution in [0.15, 0.2) is 59.6 Å². The number of aromatic nitrogens is 1. The Bertz CT molecular complexity index is 808. The molecule has 0 aliphatic rings. The van der Waals surface area contributed by atoms with E-state index in [2.05, 4.69) is 4.98 Å². The van der Waals surface area contributed by atoms with E-state index in [-0.39, 0.29) is 40.3 Å². The number of fused-ring (bicyclic) bond motifs is 1. The van der Waals surface area contributed by atoms with E-state index in [1.54, 1.807) is 18.2 Å². The van der Waals surface area contributed by atoms with Crippen LogP contribution in [0.3, 0.4) is 0 Å². The molecular formula is C15H11FNNaO2S. The summed E-state index contributed by atoms with van der Waals surface area (Å²) in [6.07, 6.45) is 1.38. The molecule has 3 nitrogen and oxygen atoms in total. The van der Waals surface area contributed by atoms with Gasteiger partial charge in [-0.2, -0.15) is 0 Å². The van der Waals surface area contributed by atoms with Gasteiger partial charge in [0.1, 0.15) is 5.82 Å². The van der Waals surface area contributed by atoms with Crippen molar-refractivity contribution in [2.75, 3.05) is 0 Å². The minimum absolute atomic E-state index is 0. The van der Waals surface area contributed by atoms with Gasteiger partial charge >= 0.3 is 29.6 Å². The number of benzene rings is 2. The van der Waals surface area contributed by atoms with Crippen LogP contribution in [0.25, 0.3) is 22.0 Å². The van der Waals surface area contributed by atoms with Crippen LogP contribution in [0.4, 0.5) is 4.39 Å². The summed E-state index contributed by atoms with van der Waals surface area (Å²) in [6, 6.07) is 13.4. The van der Waals surface area contributed by atoms with Gasteiger partial charge in [-0.25, -0.2) is 8.60 Å². The molecule has 1 unspecified atom stereocenters. The Kier molecular flexibility index (Phi) is 5.24. The molecule has 0 amide bonds. The van der Waals surface area contributed by atoms with Gasteiger partial charge in [0.25, 0.3) is 0 Å². The van der Waals surface area contributed by atoms with Crippen LogP contribution in [0.2, 0.25) is 0 Å². The zero-order valence-corrected chi connectivity index (χ0v) is 11.1. The first-order valence-electron chi connectivity index (χ1n) is 5.90. The molecule has 3 rings (SSSR count). The number of rotatable bonds is 2. The molecule has 1 aromatic heterocycles. The minimum atomic E-state index is -2.03. The molecule has 0 saturated heterocycles. The van der Waals surface area contributed by atoms with E-state index in [9.17, 15) is 8.60 Å². The van der Waals surface area contributed by atoms with E-state index in [0.717, 1.165) is 22.0 Å². The third kappa shape index (κ3) is 3.56. The number of pyridine rings is 1. The van der Waals surface area contributed by atoms with Crippen LogP contribution in [-0.2, 0) is 11.1 Å². The third-order valence-electron chi connectivity index (χ3n) is 3.04. The van der Waals surface area contributed by atoms with Gasteiger partial charge in [-0.15, -0.1) is 0 Å². The number of nitrogens with zero attached hydrogens (tertiary/aromatic N) is 1. The topological polar surface area (TPSA) is 50.2 Å². The zero-order valence-electron chi connectivity index (χ0n) is 10.3. The van der Waals surface area contributed by atoms with Gasteiger partial charge in [0.15, 0.2) is 11.1 Å². The maximum absolute atomic E-state index is 12.9. The Morgan fingerprint density at radius 3 is 2.33 bits per heavy atom. The monoisotopic (exact) mass is 311 g/mol. The number of hydrogen-bond acceptors (Lipinski definition) is 2. The Labute approximate surface area is 145 Å². The number of halogens is 1. The Hall–Kier alpha value is -1.11. The Morgan fingerprint density at radius 2 is 1.67 bits per heavy atom. The average molecular weight is 311 g/mol. The van der Waals surface area contributed by atoms with Gasteiger partial charge in [-0.3, -0.25) is 4.98 Å². The van der Waals surface area contributed by atoms with Crippen LogP contribution in [-0.4, -0.2) is 43.3 Å². The van der Waals surface area contributed by atoms with Crippen molar-refractivity contribution in [1.82, 2.24) is 4.98 Å². The molecule has 3 aromatic rings. The summed E-state index contributed by atoms with van der Waals surface area (Å²) in [5, 5.41) is 0.788. The van der Waals surface area contributed by atoms with Crippen molar-refractivity contribution in [2.45, 2.75) is 4.90 Å². The van der Waals surface area contributed by atoms with Crippen LogP contribution in [0.5, 0.6) is 0 Å². The van der Waals surface area contributed by atoms with Crippen LogP contribution < -0.4 is 0 Å². The van der Waals surface area contributed by atoms with Crippen molar-refractivity contribution in [3.8, 4) is 11.1 Å². The first-order valence-corrected chi connectivity index (χ1v) is 7.01. The second kappa shape index (κ2) is 6.77. The summed E-state index contributed by atoms with van der Waals surface area (Å²) in [5.41, 5.74) is 2.54. The second-order valence-corrected chi connectivity index (χ2v) is 5.30. The summed E-state index contributed by atoms with van der Waals surface area (Å²) in [4.78, 5) is 4.45. The maximum atomic E-state index is 12.9. The molecular weight excluding hydrogens is 300 g/mol.